The molecule has 0 unspecified atom stereocenters. The van der Waals surface area contributed by atoms with Crippen molar-refractivity contribution >= 4 is 17.2 Å². The smallest absolute Gasteiger partial charge is 0.0965 e. The van der Waals surface area contributed by atoms with Crippen molar-refractivity contribution in [1.82, 2.24) is 10.3 Å². The fourth-order valence-electron chi connectivity index (χ4n) is 1.69. The van der Waals surface area contributed by atoms with Gasteiger partial charge in [-0.1, -0.05) is 6.42 Å². The van der Waals surface area contributed by atoms with Gasteiger partial charge in [0.25, 0.3) is 0 Å². The van der Waals surface area contributed by atoms with Crippen LogP contribution in [-0.4, -0.2) is 17.4 Å². The zero-order chi connectivity index (χ0) is 10.5. The molecule has 1 aliphatic heterocycles. The van der Waals surface area contributed by atoms with Gasteiger partial charge in [-0.2, -0.15) is 0 Å². The van der Waals surface area contributed by atoms with E-state index in [9.17, 15) is 0 Å². The maximum Gasteiger partial charge on any atom is 0.0965 e. The summed E-state index contributed by atoms with van der Waals surface area (Å²) in [6.07, 6.45) is 6.88. The number of aryl methyl sites for hydroxylation is 1. The lowest BCUT2D eigenvalue weighted by molar-refractivity contribution is 0.728. The predicted molar refractivity (Wildman–Crippen MR) is 64.5 cm³/mol. The summed E-state index contributed by atoms with van der Waals surface area (Å²) in [5, 5.41) is 4.55. The standard InChI is InChI=1S/C11H17N3S/c1-9-13-7-10(15-9)8-14-11-5-3-2-4-6-12-11/h7H,2-6,8H2,1H3,(H,12,14). The number of amidine groups is 1. The van der Waals surface area contributed by atoms with E-state index in [-0.39, 0.29) is 0 Å². The maximum atomic E-state index is 4.53. The molecule has 1 aromatic rings. The van der Waals surface area contributed by atoms with Crippen molar-refractivity contribution in [3.05, 3.63) is 16.1 Å². The molecule has 0 atom stereocenters. The zero-order valence-electron chi connectivity index (χ0n) is 9.12. The normalized spacial score (nSPS) is 17.0. The summed E-state index contributed by atoms with van der Waals surface area (Å²) in [5.74, 6) is 1.18. The van der Waals surface area contributed by atoms with Crippen molar-refractivity contribution in [3.8, 4) is 0 Å². The lowest BCUT2D eigenvalue weighted by atomic mass is 10.2. The van der Waals surface area contributed by atoms with Gasteiger partial charge in [0.1, 0.15) is 0 Å². The molecule has 2 rings (SSSR count). The molecule has 1 aromatic heterocycles. The lowest BCUT2D eigenvalue weighted by Gasteiger charge is -2.05. The van der Waals surface area contributed by atoms with Crippen LogP contribution in [0.3, 0.4) is 0 Å². The van der Waals surface area contributed by atoms with Gasteiger partial charge in [0.05, 0.1) is 17.4 Å². The Kier molecular flexibility index (Phi) is 3.72. The largest absolute Gasteiger partial charge is 0.369 e. The Bertz CT molecular complexity index is 343. The second-order valence-corrected chi connectivity index (χ2v) is 5.16. The Balaban J connectivity index is 1.84. The van der Waals surface area contributed by atoms with Crippen molar-refractivity contribution in [2.24, 2.45) is 4.99 Å². The number of thiazole rings is 1. The SMILES string of the molecule is Cc1ncc(CNC2=NCCCCC2)s1. The summed E-state index contributed by atoms with van der Waals surface area (Å²) in [6, 6.07) is 0. The Morgan fingerprint density at radius 1 is 1.40 bits per heavy atom. The molecule has 4 heteroatoms. The third kappa shape index (κ3) is 3.30. The molecule has 1 aliphatic rings. The van der Waals surface area contributed by atoms with E-state index in [2.05, 4.69) is 15.3 Å². The van der Waals surface area contributed by atoms with E-state index < -0.39 is 0 Å². The molecule has 1 N–H and O–H groups in total. The first-order chi connectivity index (χ1) is 7.34. The van der Waals surface area contributed by atoms with Gasteiger partial charge in [-0.05, 0) is 19.8 Å². The predicted octanol–water partition coefficient (Wildman–Crippen LogP) is 2.51. The minimum absolute atomic E-state index is 0.879. The van der Waals surface area contributed by atoms with Crippen molar-refractivity contribution in [2.75, 3.05) is 6.54 Å². The molecule has 3 nitrogen and oxygen atoms in total. The number of hydrogen-bond donors (Lipinski definition) is 1. The Morgan fingerprint density at radius 3 is 3.13 bits per heavy atom. The Hall–Kier alpha value is -0.900. The number of aliphatic imine (C=N–C) groups is 1. The molecular formula is C11H17N3S. The van der Waals surface area contributed by atoms with Crippen LogP contribution in [0, 0.1) is 6.92 Å². The molecule has 0 saturated heterocycles. The molecule has 0 amide bonds. The quantitative estimate of drug-likeness (QED) is 0.836. The van der Waals surface area contributed by atoms with Gasteiger partial charge >= 0.3 is 0 Å². The van der Waals surface area contributed by atoms with Crippen LogP contribution in [0.5, 0.6) is 0 Å². The monoisotopic (exact) mass is 223 g/mol. The Labute approximate surface area is 94.7 Å². The van der Waals surface area contributed by atoms with Crippen LogP contribution in [0.15, 0.2) is 11.2 Å². The summed E-state index contributed by atoms with van der Waals surface area (Å²) in [5.41, 5.74) is 0. The fourth-order valence-corrected chi connectivity index (χ4v) is 2.43. The highest BCUT2D eigenvalue weighted by Gasteiger charge is 2.04. The summed E-state index contributed by atoms with van der Waals surface area (Å²) in [7, 11) is 0. The Morgan fingerprint density at radius 2 is 2.33 bits per heavy atom. The van der Waals surface area contributed by atoms with Crippen LogP contribution in [0.4, 0.5) is 0 Å². The summed E-state index contributed by atoms with van der Waals surface area (Å²) in [6.45, 7) is 3.91. The van der Waals surface area contributed by atoms with Crippen molar-refractivity contribution in [1.29, 1.82) is 0 Å². The molecule has 0 bridgehead atoms. The molecular weight excluding hydrogens is 206 g/mol. The maximum absolute atomic E-state index is 4.53. The van der Waals surface area contributed by atoms with E-state index >= 15 is 0 Å². The molecule has 0 radical (unpaired) electrons. The topological polar surface area (TPSA) is 37.3 Å². The number of aromatic nitrogens is 1. The van der Waals surface area contributed by atoms with Crippen molar-refractivity contribution in [3.63, 3.8) is 0 Å². The first-order valence-corrected chi connectivity index (χ1v) is 6.35. The highest BCUT2D eigenvalue weighted by atomic mass is 32.1. The van der Waals surface area contributed by atoms with Gasteiger partial charge in [0, 0.05) is 24.0 Å². The van der Waals surface area contributed by atoms with Crippen LogP contribution in [0.1, 0.15) is 35.6 Å². The minimum Gasteiger partial charge on any atom is -0.369 e. The molecule has 82 valence electrons. The average Bonchev–Trinajstić information content (AvgIpc) is 2.52. The molecule has 2 heterocycles. The fraction of sp³-hybridized carbons (Fsp3) is 0.636. The van der Waals surface area contributed by atoms with Crippen LogP contribution in [0.2, 0.25) is 0 Å². The van der Waals surface area contributed by atoms with Crippen LogP contribution < -0.4 is 5.32 Å². The van der Waals surface area contributed by atoms with Gasteiger partial charge in [-0.3, -0.25) is 4.99 Å². The molecule has 0 spiro atoms. The lowest BCUT2D eigenvalue weighted by Crippen LogP contribution is -2.22. The summed E-state index contributed by atoms with van der Waals surface area (Å²) in [4.78, 5) is 10.1. The minimum atomic E-state index is 0.879. The molecule has 0 fully saturated rings. The van der Waals surface area contributed by atoms with Gasteiger partial charge < -0.3 is 5.32 Å². The molecule has 15 heavy (non-hydrogen) atoms. The van der Waals surface area contributed by atoms with Gasteiger partial charge in [-0.15, -0.1) is 11.3 Å². The van der Waals surface area contributed by atoms with Gasteiger partial charge in [-0.25, -0.2) is 4.98 Å². The molecule has 0 saturated carbocycles. The second-order valence-electron chi connectivity index (χ2n) is 3.84. The number of nitrogens with one attached hydrogen (secondary N) is 1. The first-order valence-electron chi connectivity index (χ1n) is 5.53. The van der Waals surface area contributed by atoms with Crippen molar-refractivity contribution in [2.45, 2.75) is 39.2 Å². The van der Waals surface area contributed by atoms with E-state index in [1.54, 1.807) is 11.3 Å². The van der Waals surface area contributed by atoms with Crippen LogP contribution in [0.25, 0.3) is 0 Å². The third-order valence-corrected chi connectivity index (χ3v) is 3.42. The van der Waals surface area contributed by atoms with Gasteiger partial charge in [0.15, 0.2) is 0 Å². The summed E-state index contributed by atoms with van der Waals surface area (Å²) < 4.78 is 0. The number of nitrogens with zero attached hydrogens (tertiary/aromatic N) is 2. The zero-order valence-corrected chi connectivity index (χ0v) is 9.94. The first kappa shape index (κ1) is 10.6. The summed E-state index contributed by atoms with van der Waals surface area (Å²) >= 11 is 1.75. The molecule has 0 aromatic carbocycles. The highest BCUT2D eigenvalue weighted by molar-refractivity contribution is 7.11. The third-order valence-electron chi connectivity index (χ3n) is 2.51. The average molecular weight is 223 g/mol. The van der Waals surface area contributed by atoms with Crippen LogP contribution >= 0.6 is 11.3 Å². The van der Waals surface area contributed by atoms with E-state index in [4.69, 9.17) is 0 Å². The van der Waals surface area contributed by atoms with Crippen molar-refractivity contribution < 1.29 is 0 Å². The number of hydrogen-bond acceptors (Lipinski definition) is 4. The highest BCUT2D eigenvalue weighted by Crippen LogP contribution is 2.12. The van der Waals surface area contributed by atoms with Gasteiger partial charge in [0.2, 0.25) is 0 Å². The van der Waals surface area contributed by atoms with E-state index in [0.29, 0.717) is 0 Å². The van der Waals surface area contributed by atoms with E-state index in [0.717, 1.165) is 24.5 Å². The second kappa shape index (κ2) is 5.26. The van der Waals surface area contributed by atoms with Crippen LogP contribution in [-0.2, 0) is 6.54 Å². The number of rotatable bonds is 2. The van der Waals surface area contributed by atoms with E-state index in [1.807, 2.05) is 13.1 Å². The van der Waals surface area contributed by atoms with E-state index in [1.165, 1.54) is 30.0 Å². The molecule has 0 aliphatic carbocycles.